The average Bonchev–Trinajstić information content (AvgIpc) is 2.85. The van der Waals surface area contributed by atoms with Gasteiger partial charge >= 0.3 is 5.92 Å². The summed E-state index contributed by atoms with van der Waals surface area (Å²) < 4.78 is 35.0. The van der Waals surface area contributed by atoms with Crippen molar-refractivity contribution in [2.75, 3.05) is 18.4 Å². The molecular formula is C24H22F2N6O3. The number of aromatic nitrogens is 3. The average molecular weight is 480 g/mol. The largest absolute Gasteiger partial charge is 0.483 e. The highest BCUT2D eigenvalue weighted by Crippen LogP contribution is 2.34. The molecule has 2 aromatic heterocycles. The van der Waals surface area contributed by atoms with E-state index in [-0.39, 0.29) is 24.3 Å². The number of nitriles is 1. The van der Waals surface area contributed by atoms with Crippen LogP contribution < -0.4 is 10.1 Å². The number of carbonyl (C=O) groups excluding carboxylic acids is 1. The van der Waals surface area contributed by atoms with Gasteiger partial charge in [-0.1, -0.05) is 0 Å². The van der Waals surface area contributed by atoms with Gasteiger partial charge in [-0.3, -0.25) is 9.78 Å². The Balaban J connectivity index is 1.51. The second-order valence-corrected chi connectivity index (χ2v) is 8.04. The minimum Gasteiger partial charge on any atom is -0.483 e. The number of hydrogen-bond acceptors (Lipinski definition) is 8. The minimum atomic E-state index is -3.35. The van der Waals surface area contributed by atoms with Gasteiger partial charge in [-0.25, -0.2) is 18.7 Å². The summed E-state index contributed by atoms with van der Waals surface area (Å²) in [5, 5.41) is 22.1. The molecule has 9 nitrogen and oxygen atoms in total. The van der Waals surface area contributed by atoms with Gasteiger partial charge in [0.25, 0.3) is 5.91 Å². The van der Waals surface area contributed by atoms with E-state index in [2.05, 4.69) is 20.3 Å². The van der Waals surface area contributed by atoms with Crippen LogP contribution in [0.15, 0.2) is 55.0 Å². The van der Waals surface area contributed by atoms with E-state index < -0.39 is 30.6 Å². The van der Waals surface area contributed by atoms with Crippen molar-refractivity contribution in [1.82, 2.24) is 19.9 Å². The molecule has 1 aliphatic rings. The Morgan fingerprint density at radius 2 is 2.06 bits per heavy atom. The van der Waals surface area contributed by atoms with E-state index in [1.165, 1.54) is 19.1 Å². The Morgan fingerprint density at radius 3 is 2.74 bits per heavy atom. The van der Waals surface area contributed by atoms with Crippen molar-refractivity contribution in [3.63, 3.8) is 0 Å². The highest BCUT2D eigenvalue weighted by atomic mass is 19.3. The van der Waals surface area contributed by atoms with E-state index in [4.69, 9.17) is 4.74 Å². The first kappa shape index (κ1) is 24.0. The van der Waals surface area contributed by atoms with E-state index in [9.17, 15) is 23.9 Å². The number of ether oxygens (including phenoxy) is 1. The van der Waals surface area contributed by atoms with Crippen LogP contribution in [0.5, 0.6) is 5.75 Å². The molecule has 1 fully saturated rings. The zero-order chi connectivity index (χ0) is 25.0. The van der Waals surface area contributed by atoms with Gasteiger partial charge in [0, 0.05) is 42.8 Å². The lowest BCUT2D eigenvalue weighted by molar-refractivity contribution is -0.165. The maximum atomic E-state index is 14.7. The van der Waals surface area contributed by atoms with Crippen LogP contribution in [0.2, 0.25) is 0 Å². The monoisotopic (exact) mass is 480 g/mol. The SMILES string of the molecule is C[C@@H](O)C(=O)N1CCC(Oc2ccc(-c3ccnc(Nc4ccncc4)n3)cc2C#N)C(F)(F)C1. The minimum absolute atomic E-state index is 0.0121. The van der Waals surface area contributed by atoms with Crippen LogP contribution in [0.4, 0.5) is 20.4 Å². The molecule has 2 N–H and O–H groups in total. The standard InChI is InChI=1S/C24H22F2N6O3/c1-15(33)22(34)32-11-7-21(24(25,26)14-32)35-20-3-2-16(12-17(20)13-27)19-6-10-29-23(31-19)30-18-4-8-28-9-5-18/h2-6,8-10,12,15,21,33H,7,11,14H2,1H3,(H,28,29,30,31)/t15-,21?/m1/s1. The van der Waals surface area contributed by atoms with Crippen LogP contribution in [0, 0.1) is 11.3 Å². The van der Waals surface area contributed by atoms with Crippen LogP contribution in [0.25, 0.3) is 11.3 Å². The lowest BCUT2D eigenvalue weighted by atomic mass is 10.0. The number of aliphatic hydroxyl groups is 1. The normalized spacial score (nSPS) is 17.8. The molecule has 1 amide bonds. The summed E-state index contributed by atoms with van der Waals surface area (Å²) in [4.78, 5) is 25.4. The molecule has 2 atom stereocenters. The fraction of sp³-hybridized carbons (Fsp3) is 0.292. The van der Waals surface area contributed by atoms with Gasteiger partial charge in [0.2, 0.25) is 5.95 Å². The van der Waals surface area contributed by atoms with E-state index in [0.29, 0.717) is 17.2 Å². The summed E-state index contributed by atoms with van der Waals surface area (Å²) in [6.07, 6.45) is 1.79. The summed E-state index contributed by atoms with van der Waals surface area (Å²) in [5.74, 6) is -3.76. The van der Waals surface area contributed by atoms with E-state index in [1.54, 1.807) is 42.9 Å². The predicted molar refractivity (Wildman–Crippen MR) is 122 cm³/mol. The van der Waals surface area contributed by atoms with Crippen LogP contribution in [-0.4, -0.2) is 62.1 Å². The molecule has 0 aliphatic carbocycles. The molecule has 180 valence electrons. The smallest absolute Gasteiger partial charge is 0.301 e. The highest BCUT2D eigenvalue weighted by Gasteiger charge is 2.48. The van der Waals surface area contributed by atoms with Crippen LogP contribution >= 0.6 is 0 Å². The predicted octanol–water partition coefficient (Wildman–Crippen LogP) is 3.15. The third-order valence-corrected chi connectivity index (χ3v) is 5.46. The molecule has 0 radical (unpaired) electrons. The second-order valence-electron chi connectivity index (χ2n) is 8.04. The Morgan fingerprint density at radius 1 is 1.29 bits per heavy atom. The van der Waals surface area contributed by atoms with Crippen LogP contribution in [0.3, 0.4) is 0 Å². The maximum absolute atomic E-state index is 14.7. The number of hydrogen-bond donors (Lipinski definition) is 2. The lowest BCUT2D eigenvalue weighted by Gasteiger charge is -2.38. The first-order valence-electron chi connectivity index (χ1n) is 10.8. The van der Waals surface area contributed by atoms with Gasteiger partial charge in [-0.15, -0.1) is 0 Å². The number of piperidine rings is 1. The van der Waals surface area contributed by atoms with Gasteiger partial charge in [0.1, 0.15) is 17.9 Å². The molecule has 3 aromatic rings. The molecule has 35 heavy (non-hydrogen) atoms. The van der Waals surface area contributed by atoms with Gasteiger partial charge in [0.05, 0.1) is 17.8 Å². The van der Waals surface area contributed by atoms with Gasteiger partial charge in [0.15, 0.2) is 6.10 Å². The number of anilines is 2. The van der Waals surface area contributed by atoms with Crippen molar-refractivity contribution in [2.24, 2.45) is 0 Å². The summed E-state index contributed by atoms with van der Waals surface area (Å²) in [7, 11) is 0. The zero-order valence-electron chi connectivity index (χ0n) is 18.7. The summed E-state index contributed by atoms with van der Waals surface area (Å²) >= 11 is 0. The summed E-state index contributed by atoms with van der Waals surface area (Å²) in [6, 6.07) is 11.8. The van der Waals surface area contributed by atoms with Crippen molar-refractivity contribution in [3.8, 4) is 23.1 Å². The van der Waals surface area contributed by atoms with E-state index in [0.717, 1.165) is 10.6 Å². The summed E-state index contributed by atoms with van der Waals surface area (Å²) in [5.41, 5.74) is 1.93. The first-order valence-corrected chi connectivity index (χ1v) is 10.8. The number of alkyl halides is 2. The van der Waals surface area contributed by atoms with Crippen LogP contribution in [-0.2, 0) is 4.79 Å². The number of benzene rings is 1. The van der Waals surface area contributed by atoms with Crippen molar-refractivity contribution >= 4 is 17.5 Å². The molecule has 0 bridgehead atoms. The number of likely N-dealkylation sites (tertiary alicyclic amines) is 1. The van der Waals surface area contributed by atoms with Crippen LogP contribution in [0.1, 0.15) is 18.9 Å². The molecule has 1 aliphatic heterocycles. The Hall–Kier alpha value is -4.17. The Kier molecular flexibility index (Phi) is 6.84. The van der Waals surface area contributed by atoms with Gasteiger partial charge in [-0.05, 0) is 43.3 Å². The Bertz CT molecular complexity index is 1250. The molecule has 11 heteroatoms. The topological polar surface area (TPSA) is 124 Å². The number of nitrogens with zero attached hydrogens (tertiary/aromatic N) is 5. The number of nitrogens with one attached hydrogen (secondary N) is 1. The van der Waals surface area contributed by atoms with Crippen molar-refractivity contribution in [1.29, 1.82) is 5.26 Å². The van der Waals surface area contributed by atoms with Gasteiger partial charge < -0.3 is 20.1 Å². The van der Waals surface area contributed by atoms with Crippen molar-refractivity contribution in [2.45, 2.75) is 31.5 Å². The third kappa shape index (κ3) is 5.50. The van der Waals surface area contributed by atoms with Gasteiger partial charge in [-0.2, -0.15) is 5.26 Å². The molecule has 0 saturated carbocycles. The number of pyridine rings is 1. The Labute approximate surface area is 200 Å². The molecular weight excluding hydrogens is 458 g/mol. The van der Waals surface area contributed by atoms with E-state index in [1.807, 2.05) is 6.07 Å². The molecule has 1 saturated heterocycles. The molecule has 3 heterocycles. The fourth-order valence-electron chi connectivity index (χ4n) is 3.69. The number of carbonyl (C=O) groups is 1. The highest BCUT2D eigenvalue weighted by molar-refractivity contribution is 5.80. The van der Waals surface area contributed by atoms with Crippen molar-refractivity contribution in [3.05, 3.63) is 60.6 Å². The van der Waals surface area contributed by atoms with E-state index >= 15 is 0 Å². The lowest BCUT2D eigenvalue weighted by Crippen LogP contribution is -2.56. The number of amides is 1. The maximum Gasteiger partial charge on any atom is 0.301 e. The number of halogens is 2. The molecule has 0 spiro atoms. The third-order valence-electron chi connectivity index (χ3n) is 5.46. The fourth-order valence-corrected chi connectivity index (χ4v) is 3.69. The first-order chi connectivity index (χ1) is 16.8. The van der Waals surface area contributed by atoms with Crippen molar-refractivity contribution < 1.29 is 23.4 Å². The summed E-state index contributed by atoms with van der Waals surface area (Å²) in [6.45, 7) is 0.382. The second kappa shape index (κ2) is 9.99. The molecule has 1 aromatic carbocycles. The molecule has 1 unspecified atom stereocenters. The number of rotatable bonds is 6. The zero-order valence-corrected chi connectivity index (χ0v) is 18.7. The molecule has 4 rings (SSSR count). The quantitative estimate of drug-likeness (QED) is 0.551. The number of aliphatic hydroxyl groups excluding tert-OH is 1.